The number of hydrogen-bond acceptors (Lipinski definition) is 3. The van der Waals surface area contributed by atoms with Crippen molar-refractivity contribution < 1.29 is 4.79 Å². The van der Waals surface area contributed by atoms with Crippen molar-refractivity contribution >= 4 is 5.91 Å². The molecule has 4 nitrogen and oxygen atoms in total. The fraction of sp³-hybridized carbons (Fsp3) is 0.562. The quantitative estimate of drug-likeness (QED) is 0.866. The molecule has 20 heavy (non-hydrogen) atoms. The van der Waals surface area contributed by atoms with Gasteiger partial charge in [-0.15, -0.1) is 0 Å². The summed E-state index contributed by atoms with van der Waals surface area (Å²) >= 11 is 0. The molecule has 2 fully saturated rings. The van der Waals surface area contributed by atoms with Crippen LogP contribution in [0.15, 0.2) is 30.3 Å². The molecule has 0 aliphatic carbocycles. The number of amides is 1. The third kappa shape index (κ3) is 3.19. The van der Waals surface area contributed by atoms with E-state index in [1.165, 1.54) is 31.2 Å². The van der Waals surface area contributed by atoms with Gasteiger partial charge in [-0.05, 0) is 18.4 Å². The summed E-state index contributed by atoms with van der Waals surface area (Å²) in [6.45, 7) is 2.14. The maximum Gasteiger partial charge on any atom is 0.224 e. The third-order valence-corrected chi connectivity index (χ3v) is 4.25. The SMILES string of the molecule is O=C1CC(c2ccccc2)NC(N2CCCCCC2)N1. The Balaban J connectivity index is 1.71. The lowest BCUT2D eigenvalue weighted by molar-refractivity contribution is -0.127. The van der Waals surface area contributed by atoms with E-state index in [4.69, 9.17) is 0 Å². The maximum absolute atomic E-state index is 12.0. The second-order valence-corrected chi connectivity index (χ2v) is 5.75. The Bertz CT molecular complexity index is 440. The van der Waals surface area contributed by atoms with Crippen LogP contribution in [0, 0.1) is 0 Å². The molecule has 0 bridgehead atoms. The van der Waals surface area contributed by atoms with E-state index in [9.17, 15) is 4.79 Å². The summed E-state index contributed by atoms with van der Waals surface area (Å²) in [6, 6.07) is 10.4. The van der Waals surface area contributed by atoms with E-state index in [1.807, 2.05) is 18.2 Å². The molecule has 4 heteroatoms. The molecule has 2 N–H and O–H groups in total. The highest BCUT2D eigenvalue weighted by Gasteiger charge is 2.30. The van der Waals surface area contributed by atoms with Gasteiger partial charge in [-0.25, -0.2) is 0 Å². The first-order valence-electron chi connectivity index (χ1n) is 7.67. The van der Waals surface area contributed by atoms with Gasteiger partial charge >= 0.3 is 0 Å². The monoisotopic (exact) mass is 273 g/mol. The highest BCUT2D eigenvalue weighted by molar-refractivity contribution is 5.78. The first-order valence-corrected chi connectivity index (χ1v) is 7.67. The summed E-state index contributed by atoms with van der Waals surface area (Å²) in [4.78, 5) is 14.4. The molecule has 2 heterocycles. The lowest BCUT2D eigenvalue weighted by atomic mass is 10.0. The lowest BCUT2D eigenvalue weighted by Gasteiger charge is -2.38. The molecule has 2 aliphatic rings. The van der Waals surface area contributed by atoms with Gasteiger partial charge in [-0.2, -0.15) is 0 Å². The van der Waals surface area contributed by atoms with Crippen molar-refractivity contribution in [2.75, 3.05) is 13.1 Å². The van der Waals surface area contributed by atoms with Gasteiger partial charge in [-0.3, -0.25) is 15.0 Å². The minimum absolute atomic E-state index is 0.0143. The number of hydrogen-bond donors (Lipinski definition) is 2. The van der Waals surface area contributed by atoms with E-state index in [-0.39, 0.29) is 18.2 Å². The number of nitrogens with zero attached hydrogens (tertiary/aromatic N) is 1. The van der Waals surface area contributed by atoms with Crippen molar-refractivity contribution in [3.05, 3.63) is 35.9 Å². The highest BCUT2D eigenvalue weighted by atomic mass is 16.2. The molecular weight excluding hydrogens is 250 g/mol. The van der Waals surface area contributed by atoms with Crippen molar-refractivity contribution in [3.63, 3.8) is 0 Å². The molecular formula is C16H23N3O. The number of benzene rings is 1. The van der Waals surface area contributed by atoms with Crippen LogP contribution in [0.25, 0.3) is 0 Å². The van der Waals surface area contributed by atoms with Crippen molar-refractivity contribution in [2.45, 2.75) is 44.4 Å². The number of likely N-dealkylation sites (tertiary alicyclic amines) is 1. The van der Waals surface area contributed by atoms with E-state index < -0.39 is 0 Å². The Labute approximate surface area is 120 Å². The van der Waals surface area contributed by atoms with Crippen LogP contribution in [0.2, 0.25) is 0 Å². The smallest absolute Gasteiger partial charge is 0.224 e. The molecule has 0 spiro atoms. The molecule has 0 aromatic heterocycles. The molecule has 2 aliphatic heterocycles. The van der Waals surface area contributed by atoms with Crippen LogP contribution in [0.4, 0.5) is 0 Å². The van der Waals surface area contributed by atoms with Gasteiger partial charge in [0.25, 0.3) is 0 Å². The van der Waals surface area contributed by atoms with Gasteiger partial charge in [0, 0.05) is 25.6 Å². The van der Waals surface area contributed by atoms with Crippen LogP contribution in [0.3, 0.4) is 0 Å². The van der Waals surface area contributed by atoms with Crippen molar-refractivity contribution in [1.29, 1.82) is 0 Å². The van der Waals surface area contributed by atoms with Gasteiger partial charge in [0.1, 0.15) is 6.29 Å². The summed E-state index contributed by atoms with van der Waals surface area (Å²) in [6.07, 6.45) is 5.57. The zero-order valence-corrected chi connectivity index (χ0v) is 11.8. The second-order valence-electron chi connectivity index (χ2n) is 5.75. The Morgan fingerprint density at radius 1 is 1.00 bits per heavy atom. The first-order chi connectivity index (χ1) is 9.83. The summed E-state index contributed by atoms with van der Waals surface area (Å²) < 4.78 is 0. The largest absolute Gasteiger partial charge is 0.328 e. The number of rotatable bonds is 2. The Kier molecular flexibility index (Phi) is 4.33. The van der Waals surface area contributed by atoms with Crippen LogP contribution in [-0.2, 0) is 4.79 Å². The van der Waals surface area contributed by atoms with Crippen LogP contribution in [0.1, 0.15) is 43.7 Å². The molecule has 108 valence electrons. The standard InChI is InChI=1S/C16H23N3O/c20-15-12-14(13-8-4-3-5-9-13)17-16(18-15)19-10-6-1-2-7-11-19/h3-5,8-9,14,16-17H,1-2,6-7,10-12H2,(H,18,20). The topological polar surface area (TPSA) is 44.4 Å². The van der Waals surface area contributed by atoms with Gasteiger partial charge in [0.05, 0.1) is 0 Å². The van der Waals surface area contributed by atoms with Crippen molar-refractivity contribution in [2.24, 2.45) is 0 Å². The van der Waals surface area contributed by atoms with E-state index in [0.717, 1.165) is 13.1 Å². The molecule has 1 aromatic carbocycles. The van der Waals surface area contributed by atoms with Gasteiger partial charge in [-0.1, -0.05) is 43.2 Å². The molecule has 3 rings (SSSR count). The molecule has 1 aromatic rings. The Morgan fingerprint density at radius 3 is 2.40 bits per heavy atom. The fourth-order valence-electron chi connectivity index (χ4n) is 3.14. The van der Waals surface area contributed by atoms with E-state index >= 15 is 0 Å². The predicted molar refractivity (Wildman–Crippen MR) is 78.9 cm³/mol. The minimum atomic E-state index is -0.0143. The normalized spacial score (nSPS) is 28.7. The van der Waals surface area contributed by atoms with Crippen LogP contribution in [-0.4, -0.2) is 30.2 Å². The van der Waals surface area contributed by atoms with Gasteiger partial charge in [0.15, 0.2) is 0 Å². The number of nitrogens with one attached hydrogen (secondary N) is 2. The summed E-state index contributed by atoms with van der Waals surface area (Å²) in [5.74, 6) is 0.145. The van der Waals surface area contributed by atoms with Crippen molar-refractivity contribution in [1.82, 2.24) is 15.5 Å². The maximum atomic E-state index is 12.0. The molecule has 0 saturated carbocycles. The summed E-state index contributed by atoms with van der Waals surface area (Å²) in [5.41, 5.74) is 1.20. The lowest BCUT2D eigenvalue weighted by Crippen LogP contribution is -2.61. The van der Waals surface area contributed by atoms with Crippen LogP contribution in [0.5, 0.6) is 0 Å². The molecule has 0 radical (unpaired) electrons. The van der Waals surface area contributed by atoms with E-state index in [2.05, 4.69) is 27.7 Å². The van der Waals surface area contributed by atoms with E-state index in [1.54, 1.807) is 0 Å². The number of carbonyl (C=O) groups is 1. The second kappa shape index (κ2) is 6.37. The Morgan fingerprint density at radius 2 is 1.70 bits per heavy atom. The van der Waals surface area contributed by atoms with Gasteiger partial charge < -0.3 is 5.32 Å². The highest BCUT2D eigenvalue weighted by Crippen LogP contribution is 2.21. The number of carbonyl (C=O) groups excluding carboxylic acids is 1. The van der Waals surface area contributed by atoms with Crippen LogP contribution < -0.4 is 10.6 Å². The Hall–Kier alpha value is -1.39. The van der Waals surface area contributed by atoms with Gasteiger partial charge in [0.2, 0.25) is 5.91 Å². The average Bonchev–Trinajstić information content (AvgIpc) is 2.77. The molecule has 2 saturated heterocycles. The van der Waals surface area contributed by atoms with E-state index in [0.29, 0.717) is 6.42 Å². The average molecular weight is 273 g/mol. The molecule has 1 amide bonds. The fourth-order valence-corrected chi connectivity index (χ4v) is 3.14. The first kappa shape index (κ1) is 13.6. The predicted octanol–water partition coefficient (Wildman–Crippen LogP) is 2.00. The zero-order valence-electron chi connectivity index (χ0n) is 11.8. The van der Waals surface area contributed by atoms with Crippen LogP contribution >= 0.6 is 0 Å². The minimum Gasteiger partial charge on any atom is -0.328 e. The zero-order chi connectivity index (χ0) is 13.8. The third-order valence-electron chi connectivity index (χ3n) is 4.25. The summed E-state index contributed by atoms with van der Waals surface area (Å²) in [5, 5.41) is 6.68. The molecule has 2 unspecified atom stereocenters. The summed E-state index contributed by atoms with van der Waals surface area (Å²) in [7, 11) is 0. The molecule has 2 atom stereocenters. The van der Waals surface area contributed by atoms with Crippen molar-refractivity contribution in [3.8, 4) is 0 Å².